The van der Waals surface area contributed by atoms with E-state index in [1.807, 2.05) is 37.3 Å². The van der Waals surface area contributed by atoms with Gasteiger partial charge < -0.3 is 9.15 Å². The first-order valence-electron chi connectivity index (χ1n) is 7.27. The van der Waals surface area contributed by atoms with Crippen molar-refractivity contribution in [2.75, 3.05) is 6.61 Å². The van der Waals surface area contributed by atoms with E-state index in [9.17, 15) is 4.79 Å². The van der Waals surface area contributed by atoms with Crippen molar-refractivity contribution >= 4 is 11.5 Å². The molecule has 21 heavy (non-hydrogen) atoms. The van der Waals surface area contributed by atoms with Gasteiger partial charge in [-0.2, -0.15) is 0 Å². The number of allylic oxidation sites excluding steroid dienone is 1. The Kier molecular flexibility index (Phi) is 3.91. The van der Waals surface area contributed by atoms with Crippen LogP contribution < -0.4 is 0 Å². The van der Waals surface area contributed by atoms with Crippen LogP contribution in [0.2, 0.25) is 0 Å². The van der Waals surface area contributed by atoms with Crippen molar-refractivity contribution < 1.29 is 13.9 Å². The zero-order chi connectivity index (χ0) is 14.7. The molecule has 0 spiro atoms. The summed E-state index contributed by atoms with van der Waals surface area (Å²) in [5, 5.41) is 0. The van der Waals surface area contributed by atoms with Gasteiger partial charge in [0.2, 0.25) is 0 Å². The summed E-state index contributed by atoms with van der Waals surface area (Å²) in [6.07, 6.45) is 4.66. The van der Waals surface area contributed by atoms with E-state index in [1.165, 1.54) is 0 Å². The molecule has 1 fully saturated rings. The molecule has 0 N–H and O–H groups in total. The van der Waals surface area contributed by atoms with Crippen molar-refractivity contribution in [3.05, 3.63) is 66.1 Å². The fourth-order valence-corrected chi connectivity index (χ4v) is 2.50. The second kappa shape index (κ2) is 6.00. The maximum atomic E-state index is 11.7. The monoisotopic (exact) mass is 282 g/mol. The van der Waals surface area contributed by atoms with E-state index in [1.54, 1.807) is 6.26 Å². The lowest BCUT2D eigenvalue weighted by Gasteiger charge is -2.05. The number of hydrogen-bond donors (Lipinski definition) is 0. The van der Waals surface area contributed by atoms with E-state index < -0.39 is 0 Å². The summed E-state index contributed by atoms with van der Waals surface area (Å²) in [7, 11) is 0. The predicted molar refractivity (Wildman–Crippen MR) is 80.5 cm³/mol. The van der Waals surface area contributed by atoms with Gasteiger partial charge in [-0.15, -0.1) is 0 Å². The summed E-state index contributed by atoms with van der Waals surface area (Å²) in [5.74, 6) is 0.976. The highest BCUT2D eigenvalue weighted by Gasteiger charge is 2.43. The highest BCUT2D eigenvalue weighted by Crippen LogP contribution is 2.43. The summed E-state index contributed by atoms with van der Waals surface area (Å²) in [6, 6.07) is 13.9. The van der Waals surface area contributed by atoms with Gasteiger partial charge in [-0.1, -0.05) is 36.4 Å². The summed E-state index contributed by atoms with van der Waals surface area (Å²) < 4.78 is 10.6. The number of furan rings is 1. The van der Waals surface area contributed by atoms with E-state index in [2.05, 4.69) is 18.2 Å². The fraction of sp³-hybridized carbons (Fsp3) is 0.278. The lowest BCUT2D eigenvalue weighted by molar-refractivity contribution is -0.144. The molecule has 1 aliphatic rings. The molecule has 108 valence electrons. The number of esters is 1. The Hall–Kier alpha value is -2.29. The molecule has 0 aliphatic heterocycles. The van der Waals surface area contributed by atoms with Crippen LogP contribution >= 0.6 is 0 Å². The normalized spacial score (nSPS) is 21.1. The van der Waals surface area contributed by atoms with Crippen LogP contribution in [0.15, 0.2) is 59.2 Å². The van der Waals surface area contributed by atoms with Crippen molar-refractivity contribution in [3.63, 3.8) is 0 Å². The summed E-state index contributed by atoms with van der Waals surface area (Å²) >= 11 is 0. The Labute approximate surface area is 124 Å². The predicted octanol–water partition coefficient (Wildman–Crippen LogP) is 3.91. The van der Waals surface area contributed by atoms with Crippen LogP contribution in [0.5, 0.6) is 0 Å². The molecular formula is C18H18O3. The van der Waals surface area contributed by atoms with Crippen LogP contribution in [0.1, 0.15) is 24.7 Å². The Bertz CT molecular complexity index is 626. The molecule has 1 heterocycles. The maximum absolute atomic E-state index is 11.7. The highest BCUT2D eigenvalue weighted by molar-refractivity contribution is 5.81. The molecule has 0 saturated heterocycles. The lowest BCUT2D eigenvalue weighted by atomic mass is 10.0. The third-order valence-corrected chi connectivity index (χ3v) is 3.68. The number of rotatable bonds is 5. The fourth-order valence-electron chi connectivity index (χ4n) is 2.50. The molecule has 1 aromatic heterocycles. The molecule has 0 bridgehead atoms. The van der Waals surface area contributed by atoms with Gasteiger partial charge in [-0.3, -0.25) is 4.79 Å². The van der Waals surface area contributed by atoms with Gasteiger partial charge >= 0.3 is 5.97 Å². The second-order valence-electron chi connectivity index (χ2n) is 5.18. The molecule has 0 amide bonds. The van der Waals surface area contributed by atoms with E-state index in [0.717, 1.165) is 23.3 Å². The first-order chi connectivity index (χ1) is 10.3. The van der Waals surface area contributed by atoms with Gasteiger partial charge in [0.25, 0.3) is 0 Å². The standard InChI is InChI=1S/C18H18O3/c1-2-20-18(19)16-12-14(16)11-15(17-9-6-10-21-17)13-7-4-3-5-8-13/h3-11,14,16H,2,12H2,1H3/b15-11+/t14-,16-/m0/s1. The minimum Gasteiger partial charge on any atom is -0.466 e. The molecule has 3 rings (SSSR count). The zero-order valence-corrected chi connectivity index (χ0v) is 12.0. The second-order valence-corrected chi connectivity index (χ2v) is 5.18. The molecule has 1 aliphatic carbocycles. The maximum Gasteiger partial charge on any atom is 0.309 e. The molecule has 3 heteroatoms. The quantitative estimate of drug-likeness (QED) is 0.780. The van der Waals surface area contributed by atoms with Gasteiger partial charge in [-0.05, 0) is 37.0 Å². The number of carbonyl (C=O) groups is 1. The first kappa shape index (κ1) is 13.7. The van der Waals surface area contributed by atoms with Crippen molar-refractivity contribution in [1.29, 1.82) is 0 Å². The largest absolute Gasteiger partial charge is 0.466 e. The Balaban J connectivity index is 1.85. The Morgan fingerprint density at radius 3 is 2.76 bits per heavy atom. The first-order valence-corrected chi connectivity index (χ1v) is 7.27. The average Bonchev–Trinajstić information content (AvgIpc) is 3.08. The number of benzene rings is 1. The number of ether oxygens (including phenoxy) is 1. The third-order valence-electron chi connectivity index (χ3n) is 3.68. The van der Waals surface area contributed by atoms with Crippen LogP contribution in [0.25, 0.3) is 5.57 Å². The van der Waals surface area contributed by atoms with E-state index in [-0.39, 0.29) is 17.8 Å². The topological polar surface area (TPSA) is 39.4 Å². The minimum atomic E-state index is -0.0920. The van der Waals surface area contributed by atoms with Gasteiger partial charge in [0, 0.05) is 5.57 Å². The Morgan fingerprint density at radius 1 is 1.29 bits per heavy atom. The summed E-state index contributed by atoms with van der Waals surface area (Å²) in [6.45, 7) is 2.28. The van der Waals surface area contributed by atoms with Crippen molar-refractivity contribution in [2.45, 2.75) is 13.3 Å². The molecule has 1 saturated carbocycles. The van der Waals surface area contributed by atoms with Gasteiger partial charge in [0.05, 0.1) is 18.8 Å². The van der Waals surface area contributed by atoms with Gasteiger partial charge in [-0.25, -0.2) is 0 Å². The van der Waals surface area contributed by atoms with Crippen LogP contribution in [0.3, 0.4) is 0 Å². The lowest BCUT2D eigenvalue weighted by Crippen LogP contribution is -2.07. The highest BCUT2D eigenvalue weighted by atomic mass is 16.5. The van der Waals surface area contributed by atoms with Crippen molar-refractivity contribution in [3.8, 4) is 0 Å². The van der Waals surface area contributed by atoms with Gasteiger partial charge in [0.1, 0.15) is 5.76 Å². The molecule has 2 aromatic rings. The van der Waals surface area contributed by atoms with Crippen LogP contribution in [0, 0.1) is 11.8 Å². The number of carbonyl (C=O) groups excluding carboxylic acids is 1. The van der Waals surface area contributed by atoms with E-state index in [4.69, 9.17) is 9.15 Å². The van der Waals surface area contributed by atoms with Crippen LogP contribution in [-0.4, -0.2) is 12.6 Å². The molecule has 3 nitrogen and oxygen atoms in total. The minimum absolute atomic E-state index is 0.00127. The SMILES string of the molecule is CCOC(=O)[C@H]1C[C@@H]1/C=C(\c1ccccc1)c1ccco1. The smallest absolute Gasteiger partial charge is 0.309 e. The molecule has 0 unspecified atom stereocenters. The van der Waals surface area contributed by atoms with E-state index in [0.29, 0.717) is 6.61 Å². The van der Waals surface area contributed by atoms with E-state index >= 15 is 0 Å². The molecule has 2 atom stereocenters. The molecule has 1 aromatic carbocycles. The van der Waals surface area contributed by atoms with Crippen LogP contribution in [0.4, 0.5) is 0 Å². The zero-order valence-electron chi connectivity index (χ0n) is 12.0. The molecular weight excluding hydrogens is 264 g/mol. The average molecular weight is 282 g/mol. The van der Waals surface area contributed by atoms with Crippen molar-refractivity contribution in [2.24, 2.45) is 11.8 Å². The van der Waals surface area contributed by atoms with Gasteiger partial charge in [0.15, 0.2) is 0 Å². The Morgan fingerprint density at radius 2 is 2.10 bits per heavy atom. The summed E-state index contributed by atoms with van der Waals surface area (Å²) in [4.78, 5) is 11.7. The number of hydrogen-bond acceptors (Lipinski definition) is 3. The third kappa shape index (κ3) is 3.07. The summed E-state index contributed by atoms with van der Waals surface area (Å²) in [5.41, 5.74) is 2.14. The van der Waals surface area contributed by atoms with Crippen molar-refractivity contribution in [1.82, 2.24) is 0 Å². The molecule has 0 radical (unpaired) electrons. The van der Waals surface area contributed by atoms with Crippen LogP contribution in [-0.2, 0) is 9.53 Å².